The monoisotopic (exact) mass is 391 g/mol. The molecule has 27 heavy (non-hydrogen) atoms. The van der Waals surface area contributed by atoms with Gasteiger partial charge in [-0.25, -0.2) is 4.79 Å². The number of aliphatic hydroxyl groups excluding tert-OH is 3. The van der Waals surface area contributed by atoms with E-state index in [4.69, 9.17) is 18.9 Å². The van der Waals surface area contributed by atoms with E-state index < -0.39 is 73.2 Å². The predicted molar refractivity (Wildman–Crippen MR) is 87.7 cm³/mol. The SMILES string of the molecule is COC1C(O)=CC(OC2C(O)C(CO)OC(C)C2NC(C)=O)OC1C(=O)O. The fourth-order valence-electron chi connectivity index (χ4n) is 3.19. The lowest BCUT2D eigenvalue weighted by molar-refractivity contribution is -0.261. The Kier molecular flexibility index (Phi) is 7.14. The number of carbonyl (C=O) groups excluding carboxylic acids is 1. The van der Waals surface area contributed by atoms with E-state index in [0.29, 0.717) is 0 Å². The lowest BCUT2D eigenvalue weighted by Gasteiger charge is -2.44. The summed E-state index contributed by atoms with van der Waals surface area (Å²) in [5.41, 5.74) is 0. The number of rotatable bonds is 6. The summed E-state index contributed by atoms with van der Waals surface area (Å²) in [6.07, 6.45) is -7.01. The lowest BCUT2D eigenvalue weighted by atomic mass is 9.93. The molecule has 1 saturated heterocycles. The highest BCUT2D eigenvalue weighted by Gasteiger charge is 2.47. The third kappa shape index (κ3) is 4.75. The fraction of sp³-hybridized carbons (Fsp3) is 0.750. The normalized spacial score (nSPS) is 39.5. The third-order valence-electron chi connectivity index (χ3n) is 4.46. The number of carbonyl (C=O) groups is 2. The van der Waals surface area contributed by atoms with Crippen LogP contribution in [0.25, 0.3) is 0 Å². The van der Waals surface area contributed by atoms with Crippen LogP contribution in [0.2, 0.25) is 0 Å². The summed E-state index contributed by atoms with van der Waals surface area (Å²) in [6.45, 7) is 2.41. The van der Waals surface area contributed by atoms with Crippen LogP contribution in [0.3, 0.4) is 0 Å². The molecule has 1 fully saturated rings. The van der Waals surface area contributed by atoms with Crippen molar-refractivity contribution in [1.29, 1.82) is 0 Å². The van der Waals surface area contributed by atoms with Crippen molar-refractivity contribution in [3.63, 3.8) is 0 Å². The number of carboxylic acids is 1. The van der Waals surface area contributed by atoms with E-state index in [-0.39, 0.29) is 0 Å². The number of hydrogen-bond acceptors (Lipinski definition) is 9. The third-order valence-corrected chi connectivity index (χ3v) is 4.46. The van der Waals surface area contributed by atoms with Gasteiger partial charge < -0.3 is 44.7 Å². The van der Waals surface area contributed by atoms with Gasteiger partial charge in [0.1, 0.15) is 24.1 Å². The Morgan fingerprint density at radius 1 is 1.33 bits per heavy atom. The van der Waals surface area contributed by atoms with Crippen LogP contribution in [0.1, 0.15) is 13.8 Å². The van der Waals surface area contributed by atoms with Gasteiger partial charge in [0.2, 0.25) is 5.91 Å². The second-order valence-electron chi connectivity index (χ2n) is 6.39. The molecule has 0 aliphatic carbocycles. The zero-order chi connectivity index (χ0) is 20.3. The molecule has 0 aromatic carbocycles. The molecular formula is C16H25NO10. The molecule has 2 heterocycles. The minimum atomic E-state index is -1.53. The molecule has 8 unspecified atom stereocenters. The first kappa shape index (κ1) is 21.5. The number of aliphatic carboxylic acids is 1. The van der Waals surface area contributed by atoms with Crippen LogP contribution in [-0.4, -0.2) is 95.0 Å². The zero-order valence-corrected chi connectivity index (χ0v) is 15.1. The van der Waals surface area contributed by atoms with E-state index in [1.54, 1.807) is 6.92 Å². The van der Waals surface area contributed by atoms with Gasteiger partial charge in [0, 0.05) is 20.1 Å². The van der Waals surface area contributed by atoms with Crippen LogP contribution < -0.4 is 5.32 Å². The Bertz CT molecular complexity index is 582. The molecule has 5 N–H and O–H groups in total. The van der Waals surface area contributed by atoms with Crippen LogP contribution in [0, 0.1) is 0 Å². The summed E-state index contributed by atoms with van der Waals surface area (Å²) in [6, 6.07) is -0.803. The molecule has 1 amide bonds. The highest BCUT2D eigenvalue weighted by molar-refractivity contribution is 5.74. The molecule has 2 rings (SSSR count). The van der Waals surface area contributed by atoms with Gasteiger partial charge >= 0.3 is 5.97 Å². The Labute approximate surface area is 155 Å². The van der Waals surface area contributed by atoms with Gasteiger partial charge in [-0.1, -0.05) is 0 Å². The molecule has 0 spiro atoms. The molecule has 2 aliphatic rings. The first-order chi connectivity index (χ1) is 12.7. The van der Waals surface area contributed by atoms with Gasteiger partial charge in [0.25, 0.3) is 0 Å². The average Bonchev–Trinajstić information content (AvgIpc) is 2.59. The summed E-state index contributed by atoms with van der Waals surface area (Å²) in [7, 11) is 1.22. The predicted octanol–water partition coefficient (Wildman–Crippen LogP) is -1.72. The molecule has 0 bridgehead atoms. The van der Waals surface area contributed by atoms with E-state index >= 15 is 0 Å². The van der Waals surface area contributed by atoms with E-state index in [0.717, 1.165) is 6.08 Å². The van der Waals surface area contributed by atoms with Crippen LogP contribution in [-0.2, 0) is 28.5 Å². The van der Waals surface area contributed by atoms with Crippen molar-refractivity contribution >= 4 is 11.9 Å². The molecule has 2 aliphatic heterocycles. The van der Waals surface area contributed by atoms with Gasteiger partial charge in [-0.3, -0.25) is 4.79 Å². The number of aliphatic hydroxyl groups is 3. The van der Waals surface area contributed by atoms with E-state index in [1.807, 2.05) is 0 Å². The van der Waals surface area contributed by atoms with Gasteiger partial charge in [-0.05, 0) is 6.92 Å². The minimum absolute atomic E-state index is 0.398. The van der Waals surface area contributed by atoms with Crippen LogP contribution in [0.15, 0.2) is 11.8 Å². The van der Waals surface area contributed by atoms with Crippen molar-refractivity contribution in [2.75, 3.05) is 13.7 Å². The molecule has 11 heteroatoms. The molecule has 0 aromatic heterocycles. The molecule has 0 aromatic rings. The van der Waals surface area contributed by atoms with Crippen LogP contribution in [0.4, 0.5) is 0 Å². The van der Waals surface area contributed by atoms with Crippen molar-refractivity contribution in [3.8, 4) is 0 Å². The van der Waals surface area contributed by atoms with E-state index in [2.05, 4.69) is 5.32 Å². The first-order valence-corrected chi connectivity index (χ1v) is 8.38. The maximum absolute atomic E-state index is 11.5. The second-order valence-corrected chi connectivity index (χ2v) is 6.39. The molecule has 8 atom stereocenters. The Morgan fingerprint density at radius 3 is 2.52 bits per heavy atom. The molecule has 11 nitrogen and oxygen atoms in total. The van der Waals surface area contributed by atoms with E-state index in [9.17, 15) is 30.0 Å². The maximum Gasteiger partial charge on any atom is 0.336 e. The van der Waals surface area contributed by atoms with Crippen molar-refractivity contribution < 1.29 is 49.0 Å². The number of nitrogens with one attached hydrogen (secondary N) is 1. The van der Waals surface area contributed by atoms with Crippen LogP contribution >= 0.6 is 0 Å². The van der Waals surface area contributed by atoms with Crippen molar-refractivity contribution in [3.05, 3.63) is 11.8 Å². The Morgan fingerprint density at radius 2 is 2.00 bits per heavy atom. The smallest absolute Gasteiger partial charge is 0.336 e. The Hall–Kier alpha value is -1.76. The first-order valence-electron chi connectivity index (χ1n) is 8.38. The fourth-order valence-corrected chi connectivity index (χ4v) is 3.19. The van der Waals surface area contributed by atoms with Gasteiger partial charge in [-0.15, -0.1) is 0 Å². The van der Waals surface area contributed by atoms with Crippen molar-refractivity contribution in [2.24, 2.45) is 0 Å². The number of amides is 1. The molecular weight excluding hydrogens is 366 g/mol. The summed E-state index contributed by atoms with van der Waals surface area (Å²) in [5.74, 6) is -2.17. The largest absolute Gasteiger partial charge is 0.510 e. The summed E-state index contributed by atoms with van der Waals surface area (Å²) in [4.78, 5) is 22.9. The minimum Gasteiger partial charge on any atom is -0.510 e. The van der Waals surface area contributed by atoms with E-state index in [1.165, 1.54) is 14.0 Å². The molecule has 0 radical (unpaired) electrons. The van der Waals surface area contributed by atoms with Crippen molar-refractivity contribution in [2.45, 2.75) is 62.8 Å². The topological polar surface area (TPSA) is 164 Å². The zero-order valence-electron chi connectivity index (χ0n) is 15.1. The van der Waals surface area contributed by atoms with Gasteiger partial charge in [-0.2, -0.15) is 0 Å². The molecule has 154 valence electrons. The number of methoxy groups -OCH3 is 1. The Balaban J connectivity index is 2.25. The highest BCUT2D eigenvalue weighted by atomic mass is 16.7. The van der Waals surface area contributed by atoms with Crippen molar-refractivity contribution in [1.82, 2.24) is 5.32 Å². The van der Waals surface area contributed by atoms with Gasteiger partial charge in [0.05, 0.1) is 18.8 Å². The highest BCUT2D eigenvalue weighted by Crippen LogP contribution is 2.28. The lowest BCUT2D eigenvalue weighted by Crippen LogP contribution is -2.65. The maximum atomic E-state index is 11.5. The average molecular weight is 391 g/mol. The summed E-state index contributed by atoms with van der Waals surface area (Å²) < 4.78 is 21.4. The molecule has 0 saturated carbocycles. The summed E-state index contributed by atoms with van der Waals surface area (Å²) in [5, 5.41) is 41.7. The number of hydrogen-bond donors (Lipinski definition) is 5. The summed E-state index contributed by atoms with van der Waals surface area (Å²) >= 11 is 0. The van der Waals surface area contributed by atoms with Gasteiger partial charge in [0.15, 0.2) is 18.5 Å². The quantitative estimate of drug-likeness (QED) is 0.352. The second kappa shape index (κ2) is 8.95. The number of carboxylic acid groups (broad SMARTS) is 1. The standard InChI is InChI=1S/C16H25NO10/c1-6-11(17-7(2)19)14(12(21)9(5-18)25-6)26-10-4-8(20)13(24-3)15(27-10)16(22)23/h4,6,9-15,18,20-21H,5H2,1-3H3,(H,17,19)(H,22,23). The number of ether oxygens (including phenoxy) is 4. The van der Waals surface area contributed by atoms with Crippen LogP contribution in [0.5, 0.6) is 0 Å².